The van der Waals surface area contributed by atoms with Crippen molar-refractivity contribution >= 4 is 34.9 Å². The van der Waals surface area contributed by atoms with Gasteiger partial charge in [0.1, 0.15) is 0 Å². The van der Waals surface area contributed by atoms with Crippen molar-refractivity contribution in [1.29, 1.82) is 0 Å². The van der Waals surface area contributed by atoms with Gasteiger partial charge in [0, 0.05) is 36.6 Å². The topological polar surface area (TPSA) is 112 Å². The van der Waals surface area contributed by atoms with Crippen LogP contribution in [-0.2, 0) is 11.3 Å². The Labute approximate surface area is 170 Å². The minimum atomic E-state index is -1.62. The summed E-state index contributed by atoms with van der Waals surface area (Å²) < 4.78 is 0. The summed E-state index contributed by atoms with van der Waals surface area (Å²) >= 11 is 0. The van der Waals surface area contributed by atoms with Crippen molar-refractivity contribution in [3.8, 4) is 0 Å². The molecule has 0 saturated carbocycles. The summed E-state index contributed by atoms with van der Waals surface area (Å²) in [6, 6.07) is 12.7. The highest BCUT2D eigenvalue weighted by Crippen LogP contribution is 2.21. The fourth-order valence-corrected chi connectivity index (χ4v) is 3.34. The highest BCUT2D eigenvalue weighted by molar-refractivity contribution is 6.59. The average molecular weight is 392 g/mol. The highest BCUT2D eigenvalue weighted by atomic mass is 16.4. The van der Waals surface area contributed by atoms with Crippen LogP contribution in [0.3, 0.4) is 0 Å². The molecule has 7 nitrogen and oxygen atoms in total. The minimum absolute atomic E-state index is 0.0946. The van der Waals surface area contributed by atoms with Gasteiger partial charge in [0.2, 0.25) is 5.91 Å². The number of hydrogen-bond acceptors (Lipinski definition) is 6. The highest BCUT2D eigenvalue weighted by Gasteiger charge is 2.23. The van der Waals surface area contributed by atoms with Crippen LogP contribution in [-0.4, -0.2) is 53.6 Å². The third kappa shape index (κ3) is 4.99. The van der Waals surface area contributed by atoms with Crippen molar-refractivity contribution in [2.45, 2.75) is 12.5 Å². The maximum atomic E-state index is 12.9. The molecule has 0 aliphatic rings. The predicted octanol–water partition coefficient (Wildman–Crippen LogP) is 0.657. The molecule has 0 saturated heterocycles. The second-order valence-electron chi connectivity index (χ2n) is 7.28. The normalized spacial score (nSPS) is 12.2. The number of amides is 1. The quantitative estimate of drug-likeness (QED) is 0.440. The Morgan fingerprint density at radius 3 is 2.66 bits per heavy atom. The number of carbonyl (C=O) groups excluding carboxylic acids is 1. The van der Waals surface area contributed by atoms with Crippen molar-refractivity contribution in [3.63, 3.8) is 0 Å². The first kappa shape index (κ1) is 20.9. The monoisotopic (exact) mass is 392 g/mol. The van der Waals surface area contributed by atoms with Gasteiger partial charge in [0.25, 0.3) is 0 Å². The van der Waals surface area contributed by atoms with Gasteiger partial charge >= 0.3 is 7.12 Å². The molecule has 1 heterocycles. The van der Waals surface area contributed by atoms with Gasteiger partial charge in [0.15, 0.2) is 0 Å². The number of benzene rings is 2. The van der Waals surface area contributed by atoms with Gasteiger partial charge < -0.3 is 26.0 Å². The zero-order valence-corrected chi connectivity index (χ0v) is 16.5. The van der Waals surface area contributed by atoms with Crippen molar-refractivity contribution in [2.75, 3.05) is 26.0 Å². The number of aromatic nitrogens is 1. The molecule has 150 valence electrons. The van der Waals surface area contributed by atoms with E-state index in [1.165, 1.54) is 0 Å². The molecule has 8 heteroatoms. The van der Waals surface area contributed by atoms with Crippen molar-refractivity contribution in [3.05, 3.63) is 66.0 Å². The minimum Gasteiger partial charge on any atom is -0.423 e. The molecule has 1 aromatic heterocycles. The first-order chi connectivity index (χ1) is 13.9. The van der Waals surface area contributed by atoms with Crippen molar-refractivity contribution in [2.24, 2.45) is 5.73 Å². The van der Waals surface area contributed by atoms with Crippen molar-refractivity contribution < 1.29 is 14.8 Å². The zero-order chi connectivity index (χ0) is 21.0. The summed E-state index contributed by atoms with van der Waals surface area (Å²) in [5, 5.41) is 24.4. The van der Waals surface area contributed by atoms with E-state index >= 15 is 0 Å². The van der Waals surface area contributed by atoms with Crippen LogP contribution in [0.5, 0.6) is 0 Å². The average Bonchev–Trinajstić information content (AvgIpc) is 2.69. The molecule has 0 aliphatic carbocycles. The lowest BCUT2D eigenvalue weighted by Gasteiger charge is -2.19. The van der Waals surface area contributed by atoms with E-state index < -0.39 is 13.0 Å². The number of rotatable bonds is 7. The van der Waals surface area contributed by atoms with Gasteiger partial charge in [-0.3, -0.25) is 9.78 Å². The molecular weight excluding hydrogens is 367 g/mol. The first-order valence-electron chi connectivity index (χ1n) is 9.37. The van der Waals surface area contributed by atoms with E-state index in [9.17, 15) is 14.8 Å². The Bertz CT molecular complexity index is 1010. The number of nitrogens with one attached hydrogen (secondary N) is 1. The molecule has 0 bridgehead atoms. The molecule has 5 N–H and O–H groups in total. The Morgan fingerprint density at radius 1 is 1.17 bits per heavy atom. The number of anilines is 1. The van der Waals surface area contributed by atoms with Crippen LogP contribution in [0.4, 0.5) is 5.69 Å². The molecule has 1 unspecified atom stereocenters. The standard InChI is InChI=1S/C21H25BN4O3/c1-26(2)13-17-4-3-15(10-20(17)22(28)29)19(11-23)21(27)25-18-6-5-16-12-24-8-7-14(16)9-18/h3-10,12,19,28-29H,11,13,23H2,1-2H3,(H,25,27). The van der Waals surface area contributed by atoms with Gasteiger partial charge in [-0.2, -0.15) is 0 Å². The molecule has 2 aromatic carbocycles. The molecule has 0 aliphatic heterocycles. The van der Waals surface area contributed by atoms with E-state index in [2.05, 4.69) is 10.3 Å². The van der Waals surface area contributed by atoms with E-state index in [1.807, 2.05) is 55.4 Å². The lowest BCUT2D eigenvalue weighted by Crippen LogP contribution is -2.36. The fourth-order valence-electron chi connectivity index (χ4n) is 3.34. The second-order valence-corrected chi connectivity index (χ2v) is 7.28. The van der Waals surface area contributed by atoms with Crippen LogP contribution < -0.4 is 16.5 Å². The van der Waals surface area contributed by atoms with E-state index in [0.29, 0.717) is 23.3 Å². The van der Waals surface area contributed by atoms with Crippen LogP contribution in [0.15, 0.2) is 54.9 Å². The second kappa shape index (κ2) is 9.15. The molecule has 0 radical (unpaired) electrons. The smallest absolute Gasteiger partial charge is 0.423 e. The van der Waals surface area contributed by atoms with Crippen LogP contribution >= 0.6 is 0 Å². The van der Waals surface area contributed by atoms with Gasteiger partial charge in [-0.15, -0.1) is 0 Å². The summed E-state index contributed by atoms with van der Waals surface area (Å²) in [5.74, 6) is -0.867. The van der Waals surface area contributed by atoms with Crippen LogP contribution in [0.1, 0.15) is 17.0 Å². The summed E-state index contributed by atoms with van der Waals surface area (Å²) in [7, 11) is 2.18. The molecule has 1 atom stereocenters. The maximum absolute atomic E-state index is 12.9. The number of nitrogens with two attached hydrogens (primary N) is 1. The van der Waals surface area contributed by atoms with Gasteiger partial charge in [-0.1, -0.05) is 24.3 Å². The Morgan fingerprint density at radius 2 is 1.97 bits per heavy atom. The number of pyridine rings is 1. The first-order valence-corrected chi connectivity index (χ1v) is 9.37. The Balaban J connectivity index is 1.85. The number of nitrogens with zero attached hydrogens (tertiary/aromatic N) is 2. The lowest BCUT2D eigenvalue weighted by molar-refractivity contribution is -0.117. The van der Waals surface area contributed by atoms with E-state index in [4.69, 9.17) is 5.73 Å². The molecule has 3 aromatic rings. The third-order valence-corrected chi connectivity index (χ3v) is 4.80. The summed E-state index contributed by atoms with van der Waals surface area (Å²) in [5.41, 5.74) is 8.36. The maximum Gasteiger partial charge on any atom is 0.488 e. The number of hydrogen-bond donors (Lipinski definition) is 4. The molecule has 3 rings (SSSR count). The molecule has 29 heavy (non-hydrogen) atoms. The summed E-state index contributed by atoms with van der Waals surface area (Å²) in [4.78, 5) is 18.9. The van der Waals surface area contributed by atoms with Gasteiger partial charge in [0.05, 0.1) is 5.92 Å². The predicted molar refractivity (Wildman–Crippen MR) is 116 cm³/mol. The van der Waals surface area contributed by atoms with E-state index in [-0.39, 0.29) is 12.5 Å². The Hall–Kier alpha value is -2.78. The largest absolute Gasteiger partial charge is 0.488 e. The zero-order valence-electron chi connectivity index (χ0n) is 16.5. The molecule has 1 amide bonds. The Kier molecular flexibility index (Phi) is 6.61. The molecule has 0 spiro atoms. The number of carbonyl (C=O) groups is 1. The summed E-state index contributed by atoms with van der Waals surface area (Å²) in [6.45, 7) is 0.649. The third-order valence-electron chi connectivity index (χ3n) is 4.80. The van der Waals surface area contributed by atoms with Gasteiger partial charge in [-0.05, 0) is 54.3 Å². The molecular formula is C21H25BN4O3. The van der Waals surface area contributed by atoms with E-state index in [0.717, 1.165) is 16.3 Å². The van der Waals surface area contributed by atoms with Crippen LogP contribution in [0.25, 0.3) is 10.8 Å². The van der Waals surface area contributed by atoms with Crippen molar-refractivity contribution in [1.82, 2.24) is 9.88 Å². The van der Waals surface area contributed by atoms with Crippen LogP contribution in [0, 0.1) is 0 Å². The SMILES string of the molecule is CN(C)Cc1ccc(C(CN)C(=O)Nc2ccc3cnccc3c2)cc1B(O)O. The summed E-state index contributed by atoms with van der Waals surface area (Å²) in [6.07, 6.45) is 3.47. The van der Waals surface area contributed by atoms with Crippen LogP contribution in [0.2, 0.25) is 0 Å². The fraction of sp³-hybridized carbons (Fsp3) is 0.238. The lowest BCUT2D eigenvalue weighted by atomic mass is 9.75. The molecule has 0 fully saturated rings. The number of fused-ring (bicyclic) bond motifs is 1. The van der Waals surface area contributed by atoms with E-state index in [1.54, 1.807) is 18.5 Å². The van der Waals surface area contributed by atoms with Gasteiger partial charge in [-0.25, -0.2) is 0 Å².